The van der Waals surface area contributed by atoms with Crippen LogP contribution >= 0.6 is 0 Å². The summed E-state index contributed by atoms with van der Waals surface area (Å²) in [4.78, 5) is 63.4. The molecule has 5 atom stereocenters. The lowest BCUT2D eigenvalue weighted by molar-refractivity contribution is -0.133. The molecule has 0 fully saturated rings. The first-order valence-corrected chi connectivity index (χ1v) is 14.5. The number of amides is 5. The molecule has 0 saturated carbocycles. The highest BCUT2D eigenvalue weighted by molar-refractivity contribution is 5.93. The monoisotopic (exact) mass is 608 g/mol. The summed E-state index contributed by atoms with van der Waals surface area (Å²) in [5.74, 6) is -3.75. The highest BCUT2D eigenvalue weighted by Crippen LogP contribution is 2.15. The van der Waals surface area contributed by atoms with E-state index in [2.05, 4.69) is 21.3 Å². The molecule has 0 aliphatic rings. The van der Waals surface area contributed by atoms with Crippen LogP contribution in [0.1, 0.15) is 38.3 Å². The van der Waals surface area contributed by atoms with Crippen LogP contribution in [0.3, 0.4) is 0 Å². The predicted molar refractivity (Wildman–Crippen MR) is 166 cm³/mol. The zero-order valence-electron chi connectivity index (χ0n) is 25.4. The molecule has 5 amide bonds. The number of benzene rings is 2. The minimum atomic E-state index is -1.19. The largest absolute Gasteiger partial charge is 0.394 e. The summed E-state index contributed by atoms with van der Waals surface area (Å²) in [7, 11) is 0. The molecule has 0 aromatic heterocycles. The first-order chi connectivity index (χ1) is 20.9. The highest BCUT2D eigenvalue weighted by atomic mass is 16.3. The molecule has 0 heterocycles. The molecule has 0 aliphatic carbocycles. The molecule has 0 saturated heterocycles. The second-order valence-corrected chi connectivity index (χ2v) is 10.9. The molecule has 0 radical (unpaired) electrons. The average Bonchev–Trinajstić information content (AvgIpc) is 2.99. The van der Waals surface area contributed by atoms with Crippen molar-refractivity contribution >= 4 is 29.5 Å². The van der Waals surface area contributed by atoms with Crippen molar-refractivity contribution in [2.24, 2.45) is 23.3 Å². The lowest BCUT2D eigenvalue weighted by atomic mass is 9.92. The van der Waals surface area contributed by atoms with Gasteiger partial charge in [0.2, 0.25) is 29.5 Å². The number of carbonyl (C=O) groups is 5. The summed E-state index contributed by atoms with van der Waals surface area (Å²) in [5.41, 5.74) is 12.6. The van der Waals surface area contributed by atoms with E-state index >= 15 is 0 Å². The molecule has 2 aromatic rings. The van der Waals surface area contributed by atoms with Crippen molar-refractivity contribution in [2.45, 2.75) is 64.3 Å². The Balaban J connectivity index is 2.18. The molecule has 0 unspecified atom stereocenters. The van der Waals surface area contributed by atoms with E-state index in [0.717, 1.165) is 11.1 Å². The number of hydrogen-bond acceptors (Lipinski definition) is 7. The third-order valence-corrected chi connectivity index (χ3v) is 6.83. The molecule has 2 aromatic carbocycles. The van der Waals surface area contributed by atoms with Crippen LogP contribution in [0.5, 0.6) is 0 Å². The van der Waals surface area contributed by atoms with Crippen molar-refractivity contribution in [3.05, 3.63) is 83.9 Å². The molecule has 0 spiro atoms. The number of aliphatic hydroxyl groups is 1. The molecule has 9 N–H and O–H groups in total. The average molecular weight is 609 g/mol. The van der Waals surface area contributed by atoms with Crippen LogP contribution in [0.4, 0.5) is 0 Å². The van der Waals surface area contributed by atoms with Crippen LogP contribution in [-0.2, 0) is 36.9 Å². The lowest BCUT2D eigenvalue weighted by Gasteiger charge is -2.25. The number of primary amides is 1. The summed E-state index contributed by atoms with van der Waals surface area (Å²) in [5, 5.41) is 20.0. The fraction of sp³-hybridized carbons (Fsp3) is 0.406. The molecule has 0 bridgehead atoms. The van der Waals surface area contributed by atoms with Crippen LogP contribution in [0.15, 0.2) is 72.8 Å². The maximum atomic E-state index is 13.5. The van der Waals surface area contributed by atoms with Crippen LogP contribution < -0.4 is 32.7 Å². The summed E-state index contributed by atoms with van der Waals surface area (Å²) >= 11 is 0. The van der Waals surface area contributed by atoms with Gasteiger partial charge in [-0.25, -0.2) is 0 Å². The second kappa shape index (κ2) is 18.2. The standard InChI is InChI=1S/C32H44N6O6/c1-20(2)25(15-14-24(17-28(34)40)37-31(43)26(33)19-39)30(42)38-27(16-22-10-6-4-7-11-22)32(44)36-21(3)29(41)35-18-23-12-8-5-9-13-23/h4-15,20-21,24-27,39H,16-19,33H2,1-3H3,(H2,34,40)(H,35,41)(H,36,44)(H,37,43)(H,38,42)/b15-14+/t21-,24+,25-,26-,27-/m0/s1. The maximum absolute atomic E-state index is 13.5. The minimum Gasteiger partial charge on any atom is -0.394 e. The zero-order valence-corrected chi connectivity index (χ0v) is 25.4. The van der Waals surface area contributed by atoms with Gasteiger partial charge in [-0.15, -0.1) is 0 Å². The van der Waals surface area contributed by atoms with Crippen molar-refractivity contribution in [2.75, 3.05) is 6.61 Å². The second-order valence-electron chi connectivity index (χ2n) is 10.9. The SMILES string of the molecule is CC(C)[C@H](/C=C/[C@H](CC(N)=O)NC(=O)[C@@H](N)CO)C(=O)N[C@@H](Cc1ccccc1)C(=O)N[C@@H](C)C(=O)NCc1ccccc1. The topological polar surface area (TPSA) is 206 Å². The van der Waals surface area contributed by atoms with Crippen molar-refractivity contribution in [1.29, 1.82) is 0 Å². The predicted octanol–water partition coefficient (Wildman–Crippen LogP) is 0.0432. The number of rotatable bonds is 17. The number of aliphatic hydroxyl groups excluding tert-OH is 1. The third kappa shape index (κ3) is 12.4. The van der Waals surface area contributed by atoms with Crippen LogP contribution in [0.25, 0.3) is 0 Å². The van der Waals surface area contributed by atoms with Gasteiger partial charge in [0.05, 0.1) is 25.0 Å². The number of hydrogen-bond donors (Lipinski definition) is 7. The van der Waals surface area contributed by atoms with Gasteiger partial charge in [0.1, 0.15) is 18.1 Å². The zero-order chi connectivity index (χ0) is 32.6. The molecular weight excluding hydrogens is 564 g/mol. The maximum Gasteiger partial charge on any atom is 0.243 e. The van der Waals surface area contributed by atoms with Gasteiger partial charge >= 0.3 is 0 Å². The van der Waals surface area contributed by atoms with Gasteiger partial charge in [-0.05, 0) is 24.0 Å². The van der Waals surface area contributed by atoms with Gasteiger partial charge in [0.15, 0.2) is 0 Å². The van der Waals surface area contributed by atoms with Crippen LogP contribution in [-0.4, -0.2) is 65.4 Å². The molecule has 0 aliphatic heterocycles. The molecule has 44 heavy (non-hydrogen) atoms. The fourth-order valence-electron chi connectivity index (χ4n) is 4.27. The summed E-state index contributed by atoms with van der Waals surface area (Å²) in [6.45, 7) is 4.89. The molecule has 12 heteroatoms. The first-order valence-electron chi connectivity index (χ1n) is 14.5. The first kappa shape index (κ1) is 35.6. The van der Waals surface area contributed by atoms with Crippen LogP contribution in [0.2, 0.25) is 0 Å². The minimum absolute atomic E-state index is 0.171. The Morgan fingerprint density at radius 2 is 1.36 bits per heavy atom. The van der Waals surface area contributed by atoms with E-state index in [1.165, 1.54) is 12.2 Å². The van der Waals surface area contributed by atoms with Crippen molar-refractivity contribution in [3.63, 3.8) is 0 Å². The van der Waals surface area contributed by atoms with Crippen LogP contribution in [0, 0.1) is 11.8 Å². The number of nitrogens with two attached hydrogens (primary N) is 2. The fourth-order valence-corrected chi connectivity index (χ4v) is 4.27. The Morgan fingerprint density at radius 3 is 1.91 bits per heavy atom. The normalized spacial score (nSPS) is 14.6. The van der Waals surface area contributed by atoms with Crippen molar-refractivity contribution in [1.82, 2.24) is 21.3 Å². The van der Waals surface area contributed by atoms with E-state index in [9.17, 15) is 24.0 Å². The van der Waals surface area contributed by atoms with Gasteiger partial charge in [0.25, 0.3) is 0 Å². The van der Waals surface area contributed by atoms with Gasteiger partial charge in [-0.1, -0.05) is 86.7 Å². The van der Waals surface area contributed by atoms with E-state index in [0.29, 0.717) is 6.54 Å². The quantitative estimate of drug-likeness (QED) is 0.123. The Kier molecular flexibility index (Phi) is 14.7. The van der Waals surface area contributed by atoms with Gasteiger partial charge in [-0.3, -0.25) is 24.0 Å². The van der Waals surface area contributed by atoms with Gasteiger partial charge < -0.3 is 37.8 Å². The smallest absolute Gasteiger partial charge is 0.243 e. The Hall–Kier alpha value is -4.55. The lowest BCUT2D eigenvalue weighted by Crippen LogP contribution is -2.54. The highest BCUT2D eigenvalue weighted by Gasteiger charge is 2.29. The molecule has 2 rings (SSSR count). The Labute approximate surface area is 258 Å². The van der Waals surface area contributed by atoms with Gasteiger partial charge in [-0.2, -0.15) is 0 Å². The van der Waals surface area contributed by atoms with E-state index in [1.807, 2.05) is 74.5 Å². The van der Waals surface area contributed by atoms with E-state index in [-0.39, 0.29) is 24.7 Å². The van der Waals surface area contributed by atoms with Crippen molar-refractivity contribution < 1.29 is 29.1 Å². The Morgan fingerprint density at radius 1 is 0.773 bits per heavy atom. The Bertz CT molecular complexity index is 1270. The third-order valence-electron chi connectivity index (χ3n) is 6.83. The number of carbonyl (C=O) groups excluding carboxylic acids is 5. The summed E-state index contributed by atoms with van der Waals surface area (Å²) in [6.07, 6.45) is 2.93. The molecule has 238 valence electrons. The van der Waals surface area contributed by atoms with E-state index in [4.69, 9.17) is 16.6 Å². The summed E-state index contributed by atoms with van der Waals surface area (Å²) in [6, 6.07) is 14.6. The summed E-state index contributed by atoms with van der Waals surface area (Å²) < 4.78 is 0. The van der Waals surface area contributed by atoms with E-state index < -0.39 is 60.3 Å². The van der Waals surface area contributed by atoms with Crippen molar-refractivity contribution in [3.8, 4) is 0 Å². The van der Waals surface area contributed by atoms with Gasteiger partial charge in [0, 0.05) is 13.0 Å². The number of nitrogens with one attached hydrogen (secondary N) is 4. The molecule has 12 nitrogen and oxygen atoms in total. The molecular formula is C32H44N6O6. The van der Waals surface area contributed by atoms with E-state index in [1.54, 1.807) is 6.92 Å².